The molecule has 0 aromatic rings. The Kier molecular flexibility index (Phi) is 5.90. The maximum Gasteiger partial charge on any atom is -0.00303 e. The number of rotatable bonds is 5. The molecule has 0 atom stereocenters. The van der Waals surface area contributed by atoms with Gasteiger partial charge in [0.25, 0.3) is 0 Å². The fourth-order valence-corrected chi connectivity index (χ4v) is 1.70. The Hall–Kier alpha value is 0.0900. The second kappa shape index (κ2) is 5.84. The fraction of sp³-hybridized carbons (Fsp3) is 0.778. The van der Waals surface area contributed by atoms with Crippen LogP contribution >= 0.6 is 11.8 Å². The Balaban J connectivity index is 2.98. The topological polar surface area (TPSA) is 0 Å². The summed E-state index contributed by atoms with van der Waals surface area (Å²) in [4.78, 5) is 0. The summed E-state index contributed by atoms with van der Waals surface area (Å²) < 4.78 is 0. The van der Waals surface area contributed by atoms with E-state index in [1.165, 1.54) is 23.5 Å². The molecule has 0 unspecified atom stereocenters. The third-order valence-electron chi connectivity index (χ3n) is 1.12. The van der Waals surface area contributed by atoms with Crippen LogP contribution in [0.1, 0.15) is 27.2 Å². The first-order chi connectivity index (χ1) is 4.63. The fourth-order valence-electron chi connectivity index (χ4n) is 0.565. The number of hydrogen-bond acceptors (Lipinski definition) is 1. The van der Waals surface area contributed by atoms with E-state index in [1.807, 2.05) is 11.8 Å². The Morgan fingerprint density at radius 2 is 2.10 bits per heavy atom. The molecule has 0 saturated carbocycles. The Labute approximate surface area is 69.1 Å². The van der Waals surface area contributed by atoms with Crippen molar-refractivity contribution >= 4 is 11.8 Å². The average Bonchev–Trinajstić information content (AvgIpc) is 1.79. The van der Waals surface area contributed by atoms with Crippen molar-refractivity contribution in [2.45, 2.75) is 27.2 Å². The van der Waals surface area contributed by atoms with Crippen molar-refractivity contribution in [1.29, 1.82) is 0 Å². The minimum atomic E-state index is 0.829. The average molecular weight is 158 g/mol. The SMILES string of the molecule is C=C(C)CCSCC(C)C. The lowest BCUT2D eigenvalue weighted by molar-refractivity contribution is 0.750. The summed E-state index contributed by atoms with van der Waals surface area (Å²) in [5.41, 5.74) is 1.30. The maximum atomic E-state index is 3.86. The van der Waals surface area contributed by atoms with Gasteiger partial charge in [0, 0.05) is 0 Å². The molecule has 0 bridgehead atoms. The Morgan fingerprint density at radius 1 is 1.50 bits per heavy atom. The van der Waals surface area contributed by atoms with E-state index in [1.54, 1.807) is 0 Å². The Morgan fingerprint density at radius 3 is 2.50 bits per heavy atom. The summed E-state index contributed by atoms with van der Waals surface area (Å²) in [5, 5.41) is 0. The van der Waals surface area contributed by atoms with E-state index in [-0.39, 0.29) is 0 Å². The summed E-state index contributed by atoms with van der Waals surface area (Å²) in [6.45, 7) is 10.5. The first-order valence-electron chi connectivity index (χ1n) is 3.85. The van der Waals surface area contributed by atoms with Crippen molar-refractivity contribution in [3.05, 3.63) is 12.2 Å². The molecule has 0 radical (unpaired) electrons. The highest BCUT2D eigenvalue weighted by Gasteiger charge is 1.93. The number of allylic oxidation sites excluding steroid dienone is 1. The van der Waals surface area contributed by atoms with E-state index in [4.69, 9.17) is 0 Å². The van der Waals surface area contributed by atoms with Crippen LogP contribution < -0.4 is 0 Å². The molecule has 0 aliphatic rings. The molecule has 0 fully saturated rings. The zero-order valence-electron chi connectivity index (χ0n) is 7.31. The van der Waals surface area contributed by atoms with Crippen LogP contribution in [0.3, 0.4) is 0 Å². The van der Waals surface area contributed by atoms with E-state index in [9.17, 15) is 0 Å². The summed E-state index contributed by atoms with van der Waals surface area (Å²) in [6.07, 6.45) is 1.18. The third-order valence-corrected chi connectivity index (χ3v) is 2.52. The van der Waals surface area contributed by atoms with Crippen LogP contribution in [0.15, 0.2) is 12.2 Å². The number of thioether (sulfide) groups is 1. The van der Waals surface area contributed by atoms with Crippen molar-refractivity contribution in [3.63, 3.8) is 0 Å². The minimum absolute atomic E-state index is 0.829. The molecule has 0 saturated heterocycles. The number of hydrogen-bond donors (Lipinski definition) is 0. The van der Waals surface area contributed by atoms with Crippen LogP contribution in [0.25, 0.3) is 0 Å². The predicted octanol–water partition coefficient (Wildman–Crippen LogP) is 3.34. The third kappa shape index (κ3) is 8.09. The van der Waals surface area contributed by atoms with Gasteiger partial charge < -0.3 is 0 Å². The van der Waals surface area contributed by atoms with Gasteiger partial charge in [-0.2, -0.15) is 11.8 Å². The van der Waals surface area contributed by atoms with E-state index in [2.05, 4.69) is 27.4 Å². The molecule has 0 aromatic heterocycles. The highest BCUT2D eigenvalue weighted by Crippen LogP contribution is 2.10. The molecule has 60 valence electrons. The largest absolute Gasteiger partial charge is 0.161 e. The molecule has 0 aliphatic heterocycles. The quantitative estimate of drug-likeness (QED) is 0.437. The lowest BCUT2D eigenvalue weighted by atomic mass is 10.3. The Bertz CT molecular complexity index is 94.9. The smallest absolute Gasteiger partial charge is 0.00303 e. The summed E-state index contributed by atoms with van der Waals surface area (Å²) in [6, 6.07) is 0. The highest BCUT2D eigenvalue weighted by atomic mass is 32.2. The minimum Gasteiger partial charge on any atom is -0.161 e. The van der Waals surface area contributed by atoms with Gasteiger partial charge in [0.05, 0.1) is 0 Å². The predicted molar refractivity (Wildman–Crippen MR) is 51.6 cm³/mol. The summed E-state index contributed by atoms with van der Waals surface area (Å²) >= 11 is 2.03. The van der Waals surface area contributed by atoms with Crippen LogP contribution in [0.4, 0.5) is 0 Å². The van der Waals surface area contributed by atoms with Gasteiger partial charge in [0.1, 0.15) is 0 Å². The molecule has 0 rings (SSSR count). The first-order valence-corrected chi connectivity index (χ1v) is 5.00. The molecule has 1 heteroatoms. The van der Waals surface area contributed by atoms with Gasteiger partial charge in [-0.05, 0) is 30.8 Å². The summed E-state index contributed by atoms with van der Waals surface area (Å²) in [5.74, 6) is 3.36. The zero-order valence-corrected chi connectivity index (χ0v) is 8.13. The van der Waals surface area contributed by atoms with Crippen molar-refractivity contribution < 1.29 is 0 Å². The van der Waals surface area contributed by atoms with Crippen molar-refractivity contribution in [2.75, 3.05) is 11.5 Å². The normalized spacial score (nSPS) is 10.4. The molecule has 0 nitrogen and oxygen atoms in total. The molecule has 0 amide bonds. The standard InChI is InChI=1S/C9H18S/c1-8(2)5-6-10-7-9(3)4/h9H,1,5-7H2,2-4H3. The highest BCUT2D eigenvalue weighted by molar-refractivity contribution is 7.99. The van der Waals surface area contributed by atoms with Gasteiger partial charge in [-0.1, -0.05) is 19.4 Å². The second-order valence-corrected chi connectivity index (χ2v) is 4.33. The molecule has 10 heavy (non-hydrogen) atoms. The van der Waals surface area contributed by atoms with Crippen LogP contribution in [-0.2, 0) is 0 Å². The van der Waals surface area contributed by atoms with E-state index < -0.39 is 0 Å². The lowest BCUT2D eigenvalue weighted by Gasteiger charge is -2.03. The molecule has 0 aliphatic carbocycles. The van der Waals surface area contributed by atoms with Crippen LogP contribution in [-0.4, -0.2) is 11.5 Å². The van der Waals surface area contributed by atoms with Gasteiger partial charge in [-0.25, -0.2) is 0 Å². The van der Waals surface area contributed by atoms with Crippen LogP contribution in [0.2, 0.25) is 0 Å². The first kappa shape index (κ1) is 10.1. The van der Waals surface area contributed by atoms with E-state index in [0.29, 0.717) is 0 Å². The van der Waals surface area contributed by atoms with Crippen molar-refractivity contribution in [3.8, 4) is 0 Å². The molecule has 0 aromatic carbocycles. The van der Waals surface area contributed by atoms with Gasteiger partial charge in [-0.3, -0.25) is 0 Å². The van der Waals surface area contributed by atoms with Crippen molar-refractivity contribution in [2.24, 2.45) is 5.92 Å². The van der Waals surface area contributed by atoms with Crippen LogP contribution in [0, 0.1) is 5.92 Å². The van der Waals surface area contributed by atoms with Crippen LogP contribution in [0.5, 0.6) is 0 Å². The lowest BCUT2D eigenvalue weighted by Crippen LogP contribution is -1.92. The van der Waals surface area contributed by atoms with E-state index >= 15 is 0 Å². The maximum absolute atomic E-state index is 3.86. The van der Waals surface area contributed by atoms with Gasteiger partial charge >= 0.3 is 0 Å². The van der Waals surface area contributed by atoms with Gasteiger partial charge in [0.2, 0.25) is 0 Å². The zero-order chi connectivity index (χ0) is 7.98. The van der Waals surface area contributed by atoms with Crippen molar-refractivity contribution in [1.82, 2.24) is 0 Å². The van der Waals surface area contributed by atoms with E-state index in [0.717, 1.165) is 5.92 Å². The van der Waals surface area contributed by atoms with Gasteiger partial charge in [0.15, 0.2) is 0 Å². The molecular weight excluding hydrogens is 140 g/mol. The molecule has 0 heterocycles. The second-order valence-electron chi connectivity index (χ2n) is 3.18. The van der Waals surface area contributed by atoms with Gasteiger partial charge in [-0.15, -0.1) is 6.58 Å². The summed E-state index contributed by atoms with van der Waals surface area (Å²) in [7, 11) is 0. The molecule has 0 spiro atoms. The monoisotopic (exact) mass is 158 g/mol. The molecule has 0 N–H and O–H groups in total. The molecular formula is C9H18S.